The van der Waals surface area contributed by atoms with Crippen LogP contribution in [0.15, 0.2) is 33.9 Å². The number of hydrogen-bond donors (Lipinski definition) is 2. The molecule has 0 fully saturated rings. The van der Waals surface area contributed by atoms with E-state index < -0.39 is 10.0 Å². The molecule has 0 unspecified atom stereocenters. The van der Waals surface area contributed by atoms with E-state index in [2.05, 4.69) is 30.8 Å². The van der Waals surface area contributed by atoms with Crippen molar-refractivity contribution in [1.29, 1.82) is 0 Å². The lowest BCUT2D eigenvalue weighted by Crippen LogP contribution is -2.25. The van der Waals surface area contributed by atoms with Gasteiger partial charge in [0, 0.05) is 11.0 Å². The van der Waals surface area contributed by atoms with Gasteiger partial charge in [0.15, 0.2) is 0 Å². The van der Waals surface area contributed by atoms with E-state index in [1.807, 2.05) is 6.92 Å². The zero-order valence-corrected chi connectivity index (χ0v) is 13.7. The van der Waals surface area contributed by atoms with Crippen LogP contribution in [-0.4, -0.2) is 28.3 Å². The third kappa shape index (κ3) is 3.67. The van der Waals surface area contributed by atoms with Gasteiger partial charge in [-0.1, -0.05) is 6.07 Å². The predicted molar refractivity (Wildman–Crippen MR) is 79.8 cm³/mol. The van der Waals surface area contributed by atoms with E-state index in [0.29, 0.717) is 22.4 Å². The maximum atomic E-state index is 12.3. The van der Waals surface area contributed by atoms with E-state index in [4.69, 9.17) is 5.11 Å². The average molecular weight is 375 g/mol. The quantitative estimate of drug-likeness (QED) is 0.786. The Balaban J connectivity index is 2.23. The second-order valence-electron chi connectivity index (χ2n) is 4.28. The molecule has 2 aromatic rings. The first-order valence-electron chi connectivity index (χ1n) is 6.23. The largest absolute Gasteiger partial charge is 0.392 e. The number of aromatic nitrogens is 3. The minimum Gasteiger partial charge on any atom is -0.392 e. The van der Waals surface area contributed by atoms with E-state index in [0.717, 1.165) is 0 Å². The van der Waals surface area contributed by atoms with Crippen molar-refractivity contribution in [2.75, 3.05) is 0 Å². The fourth-order valence-corrected chi connectivity index (χ4v) is 3.76. The highest BCUT2D eigenvalue weighted by Gasteiger charge is 2.19. The number of aliphatic hydroxyl groups excluding tert-OH is 1. The van der Waals surface area contributed by atoms with Gasteiger partial charge >= 0.3 is 0 Å². The summed E-state index contributed by atoms with van der Waals surface area (Å²) < 4.78 is 29.3. The normalized spacial score (nSPS) is 11.8. The molecule has 0 saturated heterocycles. The molecule has 0 aliphatic carbocycles. The molecule has 1 aromatic heterocycles. The Morgan fingerprint density at radius 3 is 2.86 bits per heavy atom. The molecule has 0 aliphatic rings. The molecule has 2 N–H and O–H groups in total. The Morgan fingerprint density at radius 1 is 1.43 bits per heavy atom. The van der Waals surface area contributed by atoms with Crippen LogP contribution in [0.4, 0.5) is 0 Å². The SMILES string of the molecule is CCn1cnnc1CNS(=O)(=O)c1cc(CO)ccc1Br. The molecule has 2 rings (SSSR count). The molecule has 0 aliphatic heterocycles. The zero-order valence-electron chi connectivity index (χ0n) is 11.3. The summed E-state index contributed by atoms with van der Waals surface area (Å²) in [6.07, 6.45) is 1.55. The molecule has 0 atom stereocenters. The smallest absolute Gasteiger partial charge is 0.242 e. The highest BCUT2D eigenvalue weighted by atomic mass is 79.9. The predicted octanol–water partition coefficient (Wildman–Crippen LogP) is 1.03. The minimum atomic E-state index is -3.71. The minimum absolute atomic E-state index is 0.0476. The van der Waals surface area contributed by atoms with Crippen LogP contribution >= 0.6 is 15.9 Å². The van der Waals surface area contributed by atoms with Crippen LogP contribution in [0.25, 0.3) is 0 Å². The first-order chi connectivity index (χ1) is 9.97. The highest BCUT2D eigenvalue weighted by molar-refractivity contribution is 9.10. The second-order valence-corrected chi connectivity index (χ2v) is 6.87. The Labute approximate surface area is 131 Å². The zero-order chi connectivity index (χ0) is 15.5. The van der Waals surface area contributed by atoms with Crippen LogP contribution in [-0.2, 0) is 29.7 Å². The van der Waals surface area contributed by atoms with E-state index in [1.54, 1.807) is 23.0 Å². The van der Waals surface area contributed by atoms with Crippen molar-refractivity contribution < 1.29 is 13.5 Å². The molecular weight excluding hydrogens is 360 g/mol. The standard InChI is InChI=1S/C12H15BrN4O3S/c1-2-17-8-14-16-12(17)6-15-21(19,20)11-5-9(7-18)3-4-10(11)13/h3-5,8,15,18H,2,6-7H2,1H3. The van der Waals surface area contributed by atoms with Crippen LogP contribution in [0.2, 0.25) is 0 Å². The van der Waals surface area contributed by atoms with Gasteiger partial charge in [0.1, 0.15) is 12.2 Å². The van der Waals surface area contributed by atoms with Gasteiger partial charge in [0.25, 0.3) is 0 Å². The fourth-order valence-electron chi connectivity index (χ4n) is 1.77. The Bertz CT molecular complexity index is 730. The summed E-state index contributed by atoms with van der Waals surface area (Å²) in [5.74, 6) is 0.538. The summed E-state index contributed by atoms with van der Waals surface area (Å²) in [4.78, 5) is 0.0802. The lowest BCUT2D eigenvalue weighted by Gasteiger charge is -2.10. The molecule has 21 heavy (non-hydrogen) atoms. The van der Waals surface area contributed by atoms with Gasteiger partial charge in [-0.25, -0.2) is 13.1 Å². The van der Waals surface area contributed by atoms with Crippen LogP contribution in [0.1, 0.15) is 18.3 Å². The first kappa shape index (κ1) is 16.1. The van der Waals surface area contributed by atoms with Crippen molar-refractivity contribution in [3.05, 3.63) is 40.4 Å². The van der Waals surface area contributed by atoms with Crippen molar-refractivity contribution in [1.82, 2.24) is 19.5 Å². The summed E-state index contributed by atoms with van der Waals surface area (Å²) >= 11 is 3.21. The summed E-state index contributed by atoms with van der Waals surface area (Å²) in [5, 5.41) is 16.7. The van der Waals surface area contributed by atoms with Crippen LogP contribution in [0.3, 0.4) is 0 Å². The molecule has 0 radical (unpaired) electrons. The van der Waals surface area contributed by atoms with Crippen LogP contribution < -0.4 is 4.72 Å². The fraction of sp³-hybridized carbons (Fsp3) is 0.333. The number of nitrogens with one attached hydrogen (secondary N) is 1. The molecule has 1 heterocycles. The molecule has 1 aromatic carbocycles. The van der Waals surface area contributed by atoms with Crippen molar-refractivity contribution >= 4 is 26.0 Å². The number of benzene rings is 1. The van der Waals surface area contributed by atoms with Gasteiger partial charge in [0.2, 0.25) is 10.0 Å². The summed E-state index contributed by atoms with van der Waals surface area (Å²) in [5.41, 5.74) is 0.523. The van der Waals surface area contributed by atoms with E-state index in [1.165, 1.54) is 6.07 Å². The number of rotatable bonds is 6. The van der Waals surface area contributed by atoms with Crippen molar-refractivity contribution in [3.8, 4) is 0 Å². The third-order valence-corrected chi connectivity index (χ3v) is 5.32. The Kier molecular flexibility index (Phi) is 5.09. The lowest BCUT2D eigenvalue weighted by molar-refractivity contribution is 0.281. The molecular formula is C12H15BrN4O3S. The van der Waals surface area contributed by atoms with Crippen molar-refractivity contribution in [3.63, 3.8) is 0 Å². The van der Waals surface area contributed by atoms with E-state index >= 15 is 0 Å². The third-order valence-electron chi connectivity index (χ3n) is 2.92. The van der Waals surface area contributed by atoms with E-state index in [9.17, 15) is 8.42 Å². The molecule has 0 bridgehead atoms. The summed E-state index contributed by atoms with van der Waals surface area (Å²) in [7, 11) is -3.71. The van der Waals surface area contributed by atoms with Gasteiger partial charge < -0.3 is 9.67 Å². The van der Waals surface area contributed by atoms with Gasteiger partial charge in [-0.2, -0.15) is 0 Å². The van der Waals surface area contributed by atoms with Crippen molar-refractivity contribution in [2.24, 2.45) is 0 Å². The summed E-state index contributed by atoms with van der Waals surface area (Å²) in [6, 6.07) is 4.67. The lowest BCUT2D eigenvalue weighted by atomic mass is 10.2. The Morgan fingerprint density at radius 2 is 2.19 bits per heavy atom. The second kappa shape index (κ2) is 6.65. The maximum Gasteiger partial charge on any atom is 0.242 e. The molecule has 114 valence electrons. The molecule has 0 amide bonds. The number of hydrogen-bond acceptors (Lipinski definition) is 5. The molecule has 7 nitrogen and oxygen atoms in total. The summed E-state index contributed by atoms with van der Waals surface area (Å²) in [6.45, 7) is 2.41. The molecule has 9 heteroatoms. The highest BCUT2D eigenvalue weighted by Crippen LogP contribution is 2.23. The topological polar surface area (TPSA) is 97.1 Å². The Hall–Kier alpha value is -1.29. The average Bonchev–Trinajstić information content (AvgIpc) is 2.93. The molecule has 0 spiro atoms. The van der Waals surface area contributed by atoms with Crippen LogP contribution in [0, 0.1) is 0 Å². The van der Waals surface area contributed by atoms with Gasteiger partial charge in [0.05, 0.1) is 18.0 Å². The molecule has 0 saturated carbocycles. The van der Waals surface area contributed by atoms with Gasteiger partial charge in [-0.15, -0.1) is 10.2 Å². The first-order valence-corrected chi connectivity index (χ1v) is 8.51. The number of nitrogens with zero attached hydrogens (tertiary/aromatic N) is 3. The number of aliphatic hydroxyl groups is 1. The van der Waals surface area contributed by atoms with Gasteiger partial charge in [-0.05, 0) is 40.5 Å². The van der Waals surface area contributed by atoms with Gasteiger partial charge in [-0.3, -0.25) is 0 Å². The maximum absolute atomic E-state index is 12.3. The number of halogens is 1. The number of sulfonamides is 1. The van der Waals surface area contributed by atoms with Crippen molar-refractivity contribution in [2.45, 2.75) is 31.5 Å². The monoisotopic (exact) mass is 374 g/mol. The number of aryl methyl sites for hydroxylation is 1. The van der Waals surface area contributed by atoms with E-state index in [-0.39, 0.29) is 18.0 Å². The van der Waals surface area contributed by atoms with Crippen LogP contribution in [0.5, 0.6) is 0 Å².